The van der Waals surface area contributed by atoms with Crippen LogP contribution in [0.5, 0.6) is 0 Å². The zero-order chi connectivity index (χ0) is 10.5. The van der Waals surface area contributed by atoms with Crippen LogP contribution in [0.3, 0.4) is 0 Å². The van der Waals surface area contributed by atoms with E-state index in [0.717, 1.165) is 24.4 Å². The first-order chi connectivity index (χ1) is 7.36. The van der Waals surface area contributed by atoms with Crippen LogP contribution in [0.4, 0.5) is 0 Å². The van der Waals surface area contributed by atoms with E-state index in [1.54, 1.807) is 0 Å². The first-order valence-electron chi connectivity index (χ1n) is 5.86. The van der Waals surface area contributed by atoms with Crippen molar-refractivity contribution in [3.05, 3.63) is 0 Å². The van der Waals surface area contributed by atoms with Gasteiger partial charge in [-0.2, -0.15) is 23.5 Å². The number of nitrogens with one attached hydrogen (secondary N) is 1. The third-order valence-corrected chi connectivity index (χ3v) is 6.07. The molecule has 2 heterocycles. The van der Waals surface area contributed by atoms with E-state index >= 15 is 0 Å². The molecule has 88 valence electrons. The molecule has 0 aliphatic carbocycles. The highest BCUT2D eigenvalue weighted by molar-refractivity contribution is 8.06. The fraction of sp³-hybridized carbons (Fsp3) is 1.00. The Hall–Kier alpha value is 0.620. The summed E-state index contributed by atoms with van der Waals surface area (Å²) in [6.45, 7) is 5.40. The van der Waals surface area contributed by atoms with Crippen LogP contribution in [-0.4, -0.2) is 48.3 Å². The summed E-state index contributed by atoms with van der Waals surface area (Å²) in [6.07, 6.45) is 1.24. The number of rotatable bonds is 4. The van der Waals surface area contributed by atoms with Crippen LogP contribution in [0.25, 0.3) is 0 Å². The summed E-state index contributed by atoms with van der Waals surface area (Å²) < 4.78 is 5.42. The smallest absolute Gasteiger partial charge is 0.0509 e. The average molecular weight is 247 g/mol. The van der Waals surface area contributed by atoms with Crippen LogP contribution in [0.1, 0.15) is 13.3 Å². The van der Waals surface area contributed by atoms with Crippen LogP contribution in [0, 0.1) is 5.92 Å². The number of hydrogen-bond acceptors (Lipinski definition) is 4. The molecule has 0 radical (unpaired) electrons. The Morgan fingerprint density at radius 2 is 2.40 bits per heavy atom. The molecule has 0 bridgehead atoms. The van der Waals surface area contributed by atoms with Crippen molar-refractivity contribution in [2.45, 2.75) is 24.6 Å². The molecular weight excluding hydrogens is 226 g/mol. The third kappa shape index (κ3) is 3.84. The van der Waals surface area contributed by atoms with Gasteiger partial charge in [0, 0.05) is 41.7 Å². The SMILES string of the molecule is CC(NCC1CSCCS1)C1CCOC1. The van der Waals surface area contributed by atoms with E-state index in [2.05, 4.69) is 35.8 Å². The van der Waals surface area contributed by atoms with Gasteiger partial charge in [0.1, 0.15) is 0 Å². The van der Waals surface area contributed by atoms with Crippen molar-refractivity contribution in [3.63, 3.8) is 0 Å². The number of thioether (sulfide) groups is 2. The highest BCUT2D eigenvalue weighted by atomic mass is 32.2. The highest BCUT2D eigenvalue weighted by Gasteiger charge is 2.23. The van der Waals surface area contributed by atoms with E-state index in [1.807, 2.05) is 0 Å². The molecule has 3 unspecified atom stereocenters. The molecule has 0 amide bonds. The zero-order valence-electron chi connectivity index (χ0n) is 9.41. The van der Waals surface area contributed by atoms with Crippen molar-refractivity contribution in [3.8, 4) is 0 Å². The minimum absolute atomic E-state index is 0.625. The summed E-state index contributed by atoms with van der Waals surface area (Å²) >= 11 is 4.23. The van der Waals surface area contributed by atoms with Crippen LogP contribution in [0.2, 0.25) is 0 Å². The molecule has 2 aliphatic heterocycles. The fourth-order valence-electron chi connectivity index (χ4n) is 2.09. The van der Waals surface area contributed by atoms with Crippen LogP contribution in [-0.2, 0) is 4.74 Å². The molecule has 2 saturated heterocycles. The van der Waals surface area contributed by atoms with Crippen LogP contribution in [0.15, 0.2) is 0 Å². The van der Waals surface area contributed by atoms with E-state index in [1.165, 1.54) is 30.2 Å². The van der Waals surface area contributed by atoms with Gasteiger partial charge in [-0.05, 0) is 19.3 Å². The fourth-order valence-corrected chi connectivity index (χ4v) is 4.71. The monoisotopic (exact) mass is 247 g/mol. The Labute approximate surface area is 101 Å². The predicted octanol–water partition coefficient (Wildman–Crippen LogP) is 1.85. The van der Waals surface area contributed by atoms with Crippen molar-refractivity contribution < 1.29 is 4.74 Å². The Morgan fingerprint density at radius 1 is 1.47 bits per heavy atom. The molecule has 15 heavy (non-hydrogen) atoms. The van der Waals surface area contributed by atoms with Gasteiger partial charge in [-0.1, -0.05) is 0 Å². The maximum absolute atomic E-state index is 5.42. The predicted molar refractivity (Wildman–Crippen MR) is 70.0 cm³/mol. The van der Waals surface area contributed by atoms with Gasteiger partial charge in [0.2, 0.25) is 0 Å². The molecule has 0 aromatic rings. The molecule has 0 spiro atoms. The second kappa shape index (κ2) is 6.38. The van der Waals surface area contributed by atoms with Gasteiger partial charge in [-0.25, -0.2) is 0 Å². The summed E-state index contributed by atoms with van der Waals surface area (Å²) in [4.78, 5) is 0. The minimum Gasteiger partial charge on any atom is -0.381 e. The molecule has 3 atom stereocenters. The third-order valence-electron chi connectivity index (χ3n) is 3.22. The normalized spacial score (nSPS) is 34.2. The molecule has 1 N–H and O–H groups in total. The van der Waals surface area contributed by atoms with E-state index < -0.39 is 0 Å². The van der Waals surface area contributed by atoms with E-state index in [-0.39, 0.29) is 0 Å². The summed E-state index contributed by atoms with van der Waals surface area (Å²) in [7, 11) is 0. The van der Waals surface area contributed by atoms with Crippen molar-refractivity contribution in [2.75, 3.05) is 37.0 Å². The van der Waals surface area contributed by atoms with Gasteiger partial charge >= 0.3 is 0 Å². The number of hydrogen-bond donors (Lipinski definition) is 1. The van der Waals surface area contributed by atoms with Crippen molar-refractivity contribution in [2.24, 2.45) is 5.92 Å². The molecule has 4 heteroatoms. The van der Waals surface area contributed by atoms with Crippen molar-refractivity contribution in [1.29, 1.82) is 0 Å². The largest absolute Gasteiger partial charge is 0.381 e. The van der Waals surface area contributed by atoms with Crippen LogP contribution >= 0.6 is 23.5 Å². The summed E-state index contributed by atoms with van der Waals surface area (Å²) in [6, 6.07) is 0.625. The van der Waals surface area contributed by atoms with Crippen molar-refractivity contribution in [1.82, 2.24) is 5.32 Å². The lowest BCUT2D eigenvalue weighted by molar-refractivity contribution is 0.178. The molecular formula is C11H21NOS2. The first kappa shape index (κ1) is 12.1. The lowest BCUT2D eigenvalue weighted by Gasteiger charge is -2.25. The molecule has 2 aliphatic rings. The Bertz CT molecular complexity index is 179. The second-order valence-electron chi connectivity index (χ2n) is 4.39. The van der Waals surface area contributed by atoms with Crippen LogP contribution < -0.4 is 5.32 Å². The quantitative estimate of drug-likeness (QED) is 0.818. The van der Waals surface area contributed by atoms with Gasteiger partial charge < -0.3 is 10.1 Å². The molecule has 2 fully saturated rings. The maximum Gasteiger partial charge on any atom is 0.0509 e. The Morgan fingerprint density at radius 3 is 3.07 bits per heavy atom. The van der Waals surface area contributed by atoms with Gasteiger partial charge in [0.05, 0.1) is 6.61 Å². The van der Waals surface area contributed by atoms with Gasteiger partial charge in [-0.3, -0.25) is 0 Å². The summed E-state index contributed by atoms with van der Waals surface area (Å²) in [5, 5.41) is 4.51. The van der Waals surface area contributed by atoms with Gasteiger partial charge in [-0.15, -0.1) is 0 Å². The minimum atomic E-state index is 0.625. The summed E-state index contributed by atoms with van der Waals surface area (Å²) in [5.74, 6) is 4.74. The number of ether oxygens (including phenoxy) is 1. The molecule has 0 saturated carbocycles. The lowest BCUT2D eigenvalue weighted by atomic mass is 10.0. The molecule has 0 aromatic carbocycles. The maximum atomic E-state index is 5.42. The van der Waals surface area contributed by atoms with E-state index in [0.29, 0.717) is 6.04 Å². The first-order valence-corrected chi connectivity index (χ1v) is 8.07. The molecule has 2 rings (SSSR count). The molecule has 0 aromatic heterocycles. The van der Waals surface area contributed by atoms with E-state index in [9.17, 15) is 0 Å². The average Bonchev–Trinajstić information content (AvgIpc) is 2.81. The van der Waals surface area contributed by atoms with E-state index in [4.69, 9.17) is 4.74 Å². The highest BCUT2D eigenvalue weighted by Crippen LogP contribution is 2.24. The van der Waals surface area contributed by atoms with Gasteiger partial charge in [0.15, 0.2) is 0 Å². The Kier molecular flexibility index (Phi) is 5.14. The molecule has 2 nitrogen and oxygen atoms in total. The standard InChI is InChI=1S/C11H21NOS2/c1-9(10-2-3-13-7-10)12-6-11-8-14-4-5-15-11/h9-12H,2-8H2,1H3. The topological polar surface area (TPSA) is 21.3 Å². The second-order valence-corrected chi connectivity index (χ2v) is 6.95. The Balaban J connectivity index is 1.63. The van der Waals surface area contributed by atoms with Crippen molar-refractivity contribution >= 4 is 23.5 Å². The lowest BCUT2D eigenvalue weighted by Crippen LogP contribution is -2.39. The van der Waals surface area contributed by atoms with Gasteiger partial charge in [0.25, 0.3) is 0 Å². The summed E-state index contributed by atoms with van der Waals surface area (Å²) in [5.41, 5.74) is 0. The zero-order valence-corrected chi connectivity index (χ0v) is 11.0.